The summed E-state index contributed by atoms with van der Waals surface area (Å²) in [6.07, 6.45) is 4.29. The van der Waals surface area contributed by atoms with Crippen molar-refractivity contribution in [1.82, 2.24) is 5.32 Å². The molecule has 1 saturated heterocycles. The Morgan fingerprint density at radius 1 is 1.30 bits per heavy atom. The highest BCUT2D eigenvalue weighted by Crippen LogP contribution is 2.51. The lowest BCUT2D eigenvalue weighted by Crippen LogP contribution is -2.52. The first-order valence-corrected chi connectivity index (χ1v) is 7.52. The highest BCUT2D eigenvalue weighted by Gasteiger charge is 2.49. The Morgan fingerprint density at radius 2 is 2.05 bits per heavy atom. The molecule has 2 aliphatic heterocycles. The number of hydrogen-bond donors (Lipinski definition) is 1. The number of fused-ring (bicyclic) bond motifs is 2. The molecule has 2 fully saturated rings. The van der Waals surface area contributed by atoms with Crippen molar-refractivity contribution in [3.8, 4) is 0 Å². The smallest absolute Gasteiger partial charge is 0.232 e. The molecule has 1 aliphatic carbocycles. The molecule has 1 spiro atoms. The average Bonchev–Trinajstić information content (AvgIpc) is 2.95. The Bertz CT molecular complexity index is 562. The third kappa shape index (κ3) is 1.57. The molecule has 1 aromatic carbocycles. The zero-order valence-electron chi connectivity index (χ0n) is 11.5. The van der Waals surface area contributed by atoms with Gasteiger partial charge in [-0.2, -0.15) is 0 Å². The van der Waals surface area contributed by atoms with Crippen LogP contribution >= 0.6 is 0 Å². The second kappa shape index (κ2) is 4.29. The number of hydrogen-bond acceptors (Lipinski definition) is 2. The van der Waals surface area contributed by atoms with Crippen molar-refractivity contribution in [3.05, 3.63) is 29.6 Å². The first-order chi connectivity index (χ1) is 9.71. The summed E-state index contributed by atoms with van der Waals surface area (Å²) in [5, 5.41) is 3.14. The maximum Gasteiger partial charge on any atom is 0.232 e. The van der Waals surface area contributed by atoms with Gasteiger partial charge in [0.05, 0.1) is 11.6 Å². The standard InChI is InChI=1S/C16H19FN2O/c17-12-4-3-5-13-14(12)16(6-1-2-7-16)10-19(13)15(20)11-8-18-9-11/h3-5,11,18H,1-2,6-10H2. The number of carbonyl (C=O) groups excluding carboxylic acids is 1. The Kier molecular flexibility index (Phi) is 2.64. The Balaban J connectivity index is 1.77. The minimum atomic E-state index is -0.133. The molecule has 2 heterocycles. The van der Waals surface area contributed by atoms with Gasteiger partial charge in [-0.25, -0.2) is 4.39 Å². The van der Waals surface area contributed by atoms with Gasteiger partial charge in [0, 0.05) is 30.6 Å². The minimum Gasteiger partial charge on any atom is -0.315 e. The van der Waals surface area contributed by atoms with Crippen molar-refractivity contribution in [3.63, 3.8) is 0 Å². The van der Waals surface area contributed by atoms with Gasteiger partial charge < -0.3 is 10.2 Å². The molecule has 0 aromatic heterocycles. The number of halogens is 1. The molecule has 20 heavy (non-hydrogen) atoms. The number of nitrogens with one attached hydrogen (secondary N) is 1. The van der Waals surface area contributed by atoms with Gasteiger partial charge in [0.2, 0.25) is 5.91 Å². The molecule has 1 N–H and O–H groups in total. The van der Waals surface area contributed by atoms with Crippen LogP contribution in [0, 0.1) is 11.7 Å². The fourth-order valence-corrected chi connectivity index (χ4v) is 4.07. The maximum atomic E-state index is 14.4. The van der Waals surface area contributed by atoms with Crippen LogP contribution in [0.3, 0.4) is 0 Å². The summed E-state index contributed by atoms with van der Waals surface area (Å²) < 4.78 is 14.4. The average molecular weight is 274 g/mol. The zero-order chi connectivity index (χ0) is 13.7. The van der Waals surface area contributed by atoms with Crippen molar-refractivity contribution >= 4 is 11.6 Å². The minimum absolute atomic E-state index is 0.0719. The van der Waals surface area contributed by atoms with Crippen LogP contribution in [-0.2, 0) is 10.2 Å². The lowest BCUT2D eigenvalue weighted by Gasteiger charge is -2.31. The van der Waals surface area contributed by atoms with Crippen LogP contribution in [0.1, 0.15) is 31.2 Å². The highest BCUT2D eigenvalue weighted by molar-refractivity contribution is 5.98. The van der Waals surface area contributed by atoms with E-state index in [1.807, 2.05) is 11.0 Å². The fourth-order valence-electron chi connectivity index (χ4n) is 4.07. The highest BCUT2D eigenvalue weighted by atomic mass is 19.1. The van der Waals surface area contributed by atoms with E-state index in [-0.39, 0.29) is 23.1 Å². The van der Waals surface area contributed by atoms with Crippen LogP contribution in [0.2, 0.25) is 0 Å². The molecule has 0 bridgehead atoms. The summed E-state index contributed by atoms with van der Waals surface area (Å²) in [4.78, 5) is 14.5. The Morgan fingerprint density at radius 3 is 2.70 bits per heavy atom. The van der Waals surface area contributed by atoms with Gasteiger partial charge in [0.15, 0.2) is 0 Å². The predicted molar refractivity (Wildman–Crippen MR) is 75.3 cm³/mol. The van der Waals surface area contributed by atoms with Gasteiger partial charge in [-0.15, -0.1) is 0 Å². The molecule has 4 rings (SSSR count). The van der Waals surface area contributed by atoms with Crippen LogP contribution in [0.4, 0.5) is 10.1 Å². The second-order valence-corrected chi connectivity index (χ2v) is 6.40. The molecule has 106 valence electrons. The molecule has 1 amide bonds. The molecule has 1 saturated carbocycles. The summed E-state index contributed by atoms with van der Waals surface area (Å²) in [5.41, 5.74) is 1.51. The third-order valence-corrected chi connectivity index (χ3v) is 5.23. The zero-order valence-corrected chi connectivity index (χ0v) is 11.5. The van der Waals surface area contributed by atoms with E-state index < -0.39 is 0 Å². The molecule has 1 aromatic rings. The Hall–Kier alpha value is -1.42. The normalized spacial score (nSPS) is 23.9. The molecule has 4 heteroatoms. The molecular weight excluding hydrogens is 255 g/mol. The van der Waals surface area contributed by atoms with Gasteiger partial charge in [0.25, 0.3) is 0 Å². The van der Waals surface area contributed by atoms with E-state index in [1.165, 1.54) is 6.07 Å². The second-order valence-electron chi connectivity index (χ2n) is 6.40. The van der Waals surface area contributed by atoms with Crippen molar-refractivity contribution in [2.24, 2.45) is 5.92 Å². The first kappa shape index (κ1) is 12.3. The van der Waals surface area contributed by atoms with E-state index in [2.05, 4.69) is 5.32 Å². The largest absolute Gasteiger partial charge is 0.315 e. The maximum absolute atomic E-state index is 14.4. The van der Waals surface area contributed by atoms with Gasteiger partial charge >= 0.3 is 0 Å². The van der Waals surface area contributed by atoms with E-state index in [0.717, 1.165) is 50.0 Å². The number of rotatable bonds is 1. The van der Waals surface area contributed by atoms with Crippen molar-refractivity contribution in [2.45, 2.75) is 31.1 Å². The number of benzene rings is 1. The van der Waals surface area contributed by atoms with Gasteiger partial charge in [0.1, 0.15) is 5.82 Å². The lowest BCUT2D eigenvalue weighted by molar-refractivity contribution is -0.123. The van der Waals surface area contributed by atoms with Crippen LogP contribution in [0.15, 0.2) is 18.2 Å². The number of carbonyl (C=O) groups is 1. The summed E-state index contributed by atoms with van der Waals surface area (Å²) in [6, 6.07) is 5.18. The summed E-state index contributed by atoms with van der Waals surface area (Å²) in [5.74, 6) is 0.105. The monoisotopic (exact) mass is 274 g/mol. The third-order valence-electron chi connectivity index (χ3n) is 5.23. The van der Waals surface area contributed by atoms with Gasteiger partial charge in [-0.05, 0) is 25.0 Å². The SMILES string of the molecule is O=C(C1CNC1)N1CC2(CCCC2)c2c(F)cccc21. The topological polar surface area (TPSA) is 32.3 Å². The van der Waals surface area contributed by atoms with Crippen LogP contribution in [-0.4, -0.2) is 25.5 Å². The van der Waals surface area contributed by atoms with Crippen molar-refractivity contribution in [1.29, 1.82) is 0 Å². The van der Waals surface area contributed by atoms with Crippen LogP contribution in [0.5, 0.6) is 0 Å². The van der Waals surface area contributed by atoms with Crippen molar-refractivity contribution in [2.75, 3.05) is 24.5 Å². The predicted octanol–water partition coefficient (Wildman–Crippen LogP) is 2.20. The van der Waals surface area contributed by atoms with E-state index >= 15 is 0 Å². The quantitative estimate of drug-likeness (QED) is 0.851. The van der Waals surface area contributed by atoms with Crippen LogP contribution < -0.4 is 10.2 Å². The summed E-state index contributed by atoms with van der Waals surface area (Å²) in [6.45, 7) is 2.19. The number of anilines is 1. The summed E-state index contributed by atoms with van der Waals surface area (Å²) >= 11 is 0. The first-order valence-electron chi connectivity index (χ1n) is 7.52. The molecule has 0 radical (unpaired) electrons. The van der Waals surface area contributed by atoms with Gasteiger partial charge in [-0.1, -0.05) is 18.9 Å². The van der Waals surface area contributed by atoms with E-state index in [0.29, 0.717) is 6.54 Å². The van der Waals surface area contributed by atoms with Crippen LogP contribution in [0.25, 0.3) is 0 Å². The summed E-state index contributed by atoms with van der Waals surface area (Å²) in [7, 11) is 0. The van der Waals surface area contributed by atoms with Gasteiger partial charge in [-0.3, -0.25) is 4.79 Å². The molecule has 3 aliphatic rings. The van der Waals surface area contributed by atoms with E-state index in [1.54, 1.807) is 6.07 Å². The molecule has 3 nitrogen and oxygen atoms in total. The fraction of sp³-hybridized carbons (Fsp3) is 0.562. The van der Waals surface area contributed by atoms with E-state index in [9.17, 15) is 9.18 Å². The molecule has 0 atom stereocenters. The van der Waals surface area contributed by atoms with E-state index in [4.69, 9.17) is 0 Å². The Labute approximate surface area is 118 Å². The number of nitrogens with zero attached hydrogens (tertiary/aromatic N) is 1. The van der Waals surface area contributed by atoms with Crippen molar-refractivity contribution < 1.29 is 9.18 Å². The number of amides is 1. The lowest BCUT2D eigenvalue weighted by atomic mass is 9.80. The molecule has 0 unspecified atom stereocenters. The molecular formula is C16H19FN2O.